The Labute approximate surface area is 130 Å². The number of nitrogens with one attached hydrogen (secondary N) is 1. The summed E-state index contributed by atoms with van der Waals surface area (Å²) in [5.74, 6) is 1.49. The topological polar surface area (TPSA) is 89.3 Å². The standard InChI is InChI=1S/C11H15BrN2O4S2/c1-3-19-7-8(2)13-20(17,18)11-6-9(12)4-5-10(11)14(15)16/h4-6,8,13H,3,7H2,1-2H3. The van der Waals surface area contributed by atoms with Crippen molar-refractivity contribution in [3.63, 3.8) is 0 Å². The summed E-state index contributed by atoms with van der Waals surface area (Å²) in [4.78, 5) is 9.90. The van der Waals surface area contributed by atoms with Crippen LogP contribution in [-0.2, 0) is 10.0 Å². The zero-order chi connectivity index (χ0) is 15.3. The maximum absolute atomic E-state index is 12.2. The van der Waals surface area contributed by atoms with Gasteiger partial charge in [-0.25, -0.2) is 13.1 Å². The van der Waals surface area contributed by atoms with Gasteiger partial charge in [-0.05, 0) is 24.8 Å². The first-order valence-corrected chi connectivity index (χ1v) is 9.25. The Balaban J connectivity index is 3.09. The van der Waals surface area contributed by atoms with Crippen LogP contribution in [-0.4, -0.2) is 30.9 Å². The van der Waals surface area contributed by atoms with Crippen LogP contribution in [0.25, 0.3) is 0 Å². The van der Waals surface area contributed by atoms with Gasteiger partial charge in [-0.3, -0.25) is 10.1 Å². The minimum Gasteiger partial charge on any atom is -0.258 e. The molecule has 1 atom stereocenters. The Kier molecular flexibility index (Phi) is 6.44. The third kappa shape index (κ3) is 4.72. The third-order valence-electron chi connectivity index (χ3n) is 2.34. The summed E-state index contributed by atoms with van der Waals surface area (Å²) < 4.78 is 27.4. The molecule has 0 aromatic heterocycles. The van der Waals surface area contributed by atoms with Crippen molar-refractivity contribution in [3.05, 3.63) is 32.8 Å². The van der Waals surface area contributed by atoms with Gasteiger partial charge in [0.2, 0.25) is 10.0 Å². The van der Waals surface area contributed by atoms with E-state index < -0.39 is 20.6 Å². The molecule has 0 saturated carbocycles. The van der Waals surface area contributed by atoms with Crippen molar-refractivity contribution in [3.8, 4) is 0 Å². The molecule has 0 bridgehead atoms. The number of halogens is 1. The molecule has 1 unspecified atom stereocenters. The largest absolute Gasteiger partial charge is 0.289 e. The molecule has 0 aliphatic carbocycles. The van der Waals surface area contributed by atoms with Crippen molar-refractivity contribution in [1.29, 1.82) is 0 Å². The van der Waals surface area contributed by atoms with Gasteiger partial charge in [0.1, 0.15) is 0 Å². The number of thioether (sulfide) groups is 1. The van der Waals surface area contributed by atoms with Crippen LogP contribution >= 0.6 is 27.7 Å². The van der Waals surface area contributed by atoms with Crippen LogP contribution in [0.15, 0.2) is 27.6 Å². The zero-order valence-electron chi connectivity index (χ0n) is 11.0. The van der Waals surface area contributed by atoms with Crippen molar-refractivity contribution < 1.29 is 13.3 Å². The highest BCUT2D eigenvalue weighted by Crippen LogP contribution is 2.27. The summed E-state index contributed by atoms with van der Waals surface area (Å²) in [6.45, 7) is 3.70. The van der Waals surface area contributed by atoms with Gasteiger partial charge in [0.05, 0.1) is 4.92 Å². The number of nitro benzene ring substituents is 1. The minimum atomic E-state index is -3.92. The van der Waals surface area contributed by atoms with E-state index in [9.17, 15) is 18.5 Å². The van der Waals surface area contributed by atoms with Gasteiger partial charge in [0.25, 0.3) is 5.69 Å². The fourth-order valence-electron chi connectivity index (χ4n) is 1.51. The van der Waals surface area contributed by atoms with E-state index in [1.807, 2.05) is 6.92 Å². The van der Waals surface area contributed by atoms with E-state index >= 15 is 0 Å². The highest BCUT2D eigenvalue weighted by atomic mass is 79.9. The molecular weight excluding hydrogens is 368 g/mol. The summed E-state index contributed by atoms with van der Waals surface area (Å²) in [5, 5.41) is 10.9. The number of benzene rings is 1. The third-order valence-corrected chi connectivity index (χ3v) is 5.59. The van der Waals surface area contributed by atoms with Crippen molar-refractivity contribution in [2.45, 2.75) is 24.8 Å². The average molecular weight is 383 g/mol. The van der Waals surface area contributed by atoms with E-state index in [2.05, 4.69) is 20.7 Å². The molecule has 112 valence electrons. The molecule has 0 aliphatic rings. The molecule has 1 N–H and O–H groups in total. The monoisotopic (exact) mass is 382 g/mol. The normalized spacial score (nSPS) is 13.2. The lowest BCUT2D eigenvalue weighted by Crippen LogP contribution is -2.34. The van der Waals surface area contributed by atoms with Crippen LogP contribution < -0.4 is 4.72 Å². The average Bonchev–Trinajstić information content (AvgIpc) is 2.35. The number of sulfonamides is 1. The SMILES string of the molecule is CCSCC(C)NS(=O)(=O)c1cc(Br)ccc1[N+](=O)[O-]. The van der Waals surface area contributed by atoms with Crippen LogP contribution in [0.5, 0.6) is 0 Å². The minimum absolute atomic E-state index is 0.302. The molecule has 0 aliphatic heterocycles. The summed E-state index contributed by atoms with van der Waals surface area (Å²) in [6, 6.07) is 3.54. The molecule has 1 aromatic carbocycles. The van der Waals surface area contributed by atoms with Gasteiger partial charge in [0.15, 0.2) is 4.90 Å². The Morgan fingerprint density at radius 2 is 2.15 bits per heavy atom. The Morgan fingerprint density at radius 1 is 1.50 bits per heavy atom. The lowest BCUT2D eigenvalue weighted by atomic mass is 10.3. The fraction of sp³-hybridized carbons (Fsp3) is 0.455. The first kappa shape index (κ1) is 17.4. The number of hydrogen-bond acceptors (Lipinski definition) is 5. The molecule has 1 rings (SSSR count). The molecule has 0 radical (unpaired) electrons. The molecule has 20 heavy (non-hydrogen) atoms. The number of hydrogen-bond donors (Lipinski definition) is 1. The quantitative estimate of drug-likeness (QED) is 0.578. The number of nitrogens with zero attached hydrogens (tertiary/aromatic N) is 1. The van der Waals surface area contributed by atoms with Gasteiger partial charge in [-0.15, -0.1) is 0 Å². The molecule has 0 fully saturated rings. The van der Waals surface area contributed by atoms with E-state index in [0.717, 1.165) is 5.75 Å². The Hall–Kier alpha value is -0.640. The lowest BCUT2D eigenvalue weighted by Gasteiger charge is -2.13. The zero-order valence-corrected chi connectivity index (χ0v) is 14.2. The van der Waals surface area contributed by atoms with E-state index in [1.165, 1.54) is 18.2 Å². The summed E-state index contributed by atoms with van der Waals surface area (Å²) in [5.41, 5.74) is -0.434. The number of nitro groups is 1. The van der Waals surface area contributed by atoms with Crippen molar-refractivity contribution in [2.75, 3.05) is 11.5 Å². The lowest BCUT2D eigenvalue weighted by molar-refractivity contribution is -0.387. The first-order chi connectivity index (χ1) is 9.27. The maximum atomic E-state index is 12.2. The first-order valence-electron chi connectivity index (χ1n) is 5.82. The molecular formula is C11H15BrN2O4S2. The second kappa shape index (κ2) is 7.39. The van der Waals surface area contributed by atoms with E-state index in [0.29, 0.717) is 10.2 Å². The van der Waals surface area contributed by atoms with Crippen LogP contribution in [0.3, 0.4) is 0 Å². The molecule has 1 aromatic rings. The predicted octanol–water partition coefficient (Wildman–Crippen LogP) is 2.78. The Bertz CT molecular complexity index is 592. The molecule has 9 heteroatoms. The van der Waals surface area contributed by atoms with Crippen LogP contribution in [0.1, 0.15) is 13.8 Å². The molecule has 0 spiro atoms. The number of rotatable bonds is 7. The highest BCUT2D eigenvalue weighted by Gasteiger charge is 2.27. The smallest absolute Gasteiger partial charge is 0.258 e. The van der Waals surface area contributed by atoms with Crippen molar-refractivity contribution >= 4 is 43.4 Å². The van der Waals surface area contributed by atoms with E-state index in [-0.39, 0.29) is 10.9 Å². The maximum Gasteiger partial charge on any atom is 0.289 e. The van der Waals surface area contributed by atoms with E-state index in [4.69, 9.17) is 0 Å². The predicted molar refractivity (Wildman–Crippen MR) is 83.6 cm³/mol. The summed E-state index contributed by atoms with van der Waals surface area (Å²) in [6.07, 6.45) is 0. The Morgan fingerprint density at radius 3 is 2.70 bits per heavy atom. The van der Waals surface area contributed by atoms with Gasteiger partial charge in [-0.2, -0.15) is 11.8 Å². The van der Waals surface area contributed by atoms with E-state index in [1.54, 1.807) is 18.7 Å². The van der Waals surface area contributed by atoms with Gasteiger partial charge >= 0.3 is 0 Å². The molecule has 0 amide bonds. The molecule has 0 heterocycles. The van der Waals surface area contributed by atoms with Crippen molar-refractivity contribution in [1.82, 2.24) is 4.72 Å². The van der Waals surface area contributed by atoms with Crippen molar-refractivity contribution in [2.24, 2.45) is 0 Å². The van der Waals surface area contributed by atoms with Crippen LogP contribution in [0, 0.1) is 10.1 Å². The fourth-order valence-corrected chi connectivity index (χ4v) is 4.24. The molecule has 0 saturated heterocycles. The molecule has 6 nitrogen and oxygen atoms in total. The van der Waals surface area contributed by atoms with Crippen LogP contribution in [0.2, 0.25) is 0 Å². The summed E-state index contributed by atoms with van der Waals surface area (Å²) in [7, 11) is -3.92. The van der Waals surface area contributed by atoms with Gasteiger partial charge < -0.3 is 0 Å². The van der Waals surface area contributed by atoms with Gasteiger partial charge in [0, 0.05) is 22.3 Å². The second-order valence-corrected chi connectivity index (χ2v) is 7.97. The van der Waals surface area contributed by atoms with Gasteiger partial charge in [-0.1, -0.05) is 22.9 Å². The highest BCUT2D eigenvalue weighted by molar-refractivity contribution is 9.10. The second-order valence-electron chi connectivity index (χ2n) is 4.05. The summed E-state index contributed by atoms with van der Waals surface area (Å²) >= 11 is 4.72. The van der Waals surface area contributed by atoms with Crippen LogP contribution in [0.4, 0.5) is 5.69 Å².